The first kappa shape index (κ1) is 23.1. The van der Waals surface area contributed by atoms with Gasteiger partial charge in [0, 0.05) is 18.8 Å². The van der Waals surface area contributed by atoms with Gasteiger partial charge in [-0.25, -0.2) is 4.98 Å². The van der Waals surface area contributed by atoms with E-state index in [9.17, 15) is 9.59 Å². The molecule has 1 aromatic heterocycles. The smallest absolute Gasteiger partial charge is 0.306 e. The number of fused-ring (bicyclic) bond motifs is 7. The molecule has 0 unspecified atom stereocenters. The Bertz CT molecular complexity index is 984. The van der Waals surface area contributed by atoms with Crippen LogP contribution in [0.25, 0.3) is 5.57 Å². The van der Waals surface area contributed by atoms with E-state index in [1.54, 1.807) is 18.3 Å². The molecule has 5 nitrogen and oxygen atoms in total. The van der Waals surface area contributed by atoms with Crippen molar-refractivity contribution >= 4 is 33.9 Å². The molecule has 1 heterocycles. The molecule has 0 saturated heterocycles. The Morgan fingerprint density at radius 3 is 2.79 bits per heavy atom. The molecule has 1 amide bonds. The fraction of sp³-hybridized carbons (Fsp3) is 0.741. The number of hydrogen-bond donors (Lipinski definition) is 1. The summed E-state index contributed by atoms with van der Waals surface area (Å²) in [5.74, 6) is 1.92. The summed E-state index contributed by atoms with van der Waals surface area (Å²) in [6, 6.07) is 0. The van der Waals surface area contributed by atoms with Crippen molar-refractivity contribution in [2.24, 2.45) is 28.6 Å². The zero-order valence-corrected chi connectivity index (χ0v) is 21.4. The lowest BCUT2D eigenvalue weighted by Crippen LogP contribution is -2.50. The van der Waals surface area contributed by atoms with E-state index in [4.69, 9.17) is 9.72 Å². The maximum Gasteiger partial charge on any atom is 0.306 e. The monoisotopic (exact) mass is 470 g/mol. The Hall–Kier alpha value is -1.69. The van der Waals surface area contributed by atoms with Gasteiger partial charge in [0.25, 0.3) is 0 Å². The van der Waals surface area contributed by atoms with E-state index < -0.39 is 0 Å². The third-order valence-electron chi connectivity index (χ3n) is 9.49. The summed E-state index contributed by atoms with van der Waals surface area (Å²) in [6.45, 7) is 8.55. The van der Waals surface area contributed by atoms with Gasteiger partial charge in [-0.3, -0.25) is 9.59 Å². The lowest BCUT2D eigenvalue weighted by molar-refractivity contribution is -0.159. The number of nitrogens with zero attached hydrogens (tertiary/aromatic N) is 1. The van der Waals surface area contributed by atoms with Crippen molar-refractivity contribution in [2.75, 3.05) is 5.32 Å². The van der Waals surface area contributed by atoms with Crippen LogP contribution >= 0.6 is 11.3 Å². The second-order valence-corrected chi connectivity index (χ2v) is 12.3. The second-order valence-electron chi connectivity index (χ2n) is 11.3. The second kappa shape index (κ2) is 8.51. The largest absolute Gasteiger partial charge is 0.462 e. The summed E-state index contributed by atoms with van der Waals surface area (Å²) in [5, 5.41) is 3.63. The number of allylic oxidation sites excluding steroid dienone is 2. The van der Waals surface area contributed by atoms with Crippen molar-refractivity contribution in [3.8, 4) is 0 Å². The molecule has 180 valence electrons. The van der Waals surface area contributed by atoms with E-state index in [0.717, 1.165) is 55.8 Å². The summed E-state index contributed by atoms with van der Waals surface area (Å²) in [4.78, 5) is 30.0. The molecule has 5 rings (SSSR count). The van der Waals surface area contributed by atoms with Gasteiger partial charge < -0.3 is 10.1 Å². The molecule has 33 heavy (non-hydrogen) atoms. The van der Waals surface area contributed by atoms with Crippen LogP contribution in [0.4, 0.5) is 5.13 Å². The highest BCUT2D eigenvalue weighted by atomic mass is 32.1. The number of nitrogens with one attached hydrogen (secondary N) is 1. The summed E-state index contributed by atoms with van der Waals surface area (Å²) >= 11 is 1.65. The molecule has 0 bridgehead atoms. The zero-order chi connectivity index (χ0) is 23.4. The Morgan fingerprint density at radius 1 is 1.21 bits per heavy atom. The average molecular weight is 471 g/mol. The molecule has 6 heteroatoms. The van der Waals surface area contributed by atoms with Crippen LogP contribution in [0.2, 0.25) is 0 Å². The number of thiazole rings is 1. The minimum atomic E-state index is -0.0562. The zero-order valence-electron chi connectivity index (χ0n) is 20.5. The average Bonchev–Trinajstić information content (AvgIpc) is 3.31. The molecule has 2 fully saturated rings. The van der Waals surface area contributed by atoms with Crippen molar-refractivity contribution in [3.63, 3.8) is 0 Å². The number of unbranched alkanes of at least 4 members (excludes halogenated alkanes) is 1. The number of aryl methyl sites for hydroxylation is 1. The molecular formula is C27H38N2O3S. The van der Waals surface area contributed by atoms with Gasteiger partial charge in [0.15, 0.2) is 5.13 Å². The molecule has 2 saturated carbocycles. The predicted octanol–water partition coefficient (Wildman–Crippen LogP) is 6.39. The number of esters is 1. The molecular weight excluding hydrogens is 432 g/mol. The highest BCUT2D eigenvalue weighted by Gasteiger charge is 2.60. The van der Waals surface area contributed by atoms with Crippen LogP contribution in [0.3, 0.4) is 0 Å². The molecule has 1 aromatic rings. The lowest BCUT2D eigenvalue weighted by atomic mass is 9.48. The fourth-order valence-corrected chi connectivity index (χ4v) is 9.00. The summed E-state index contributed by atoms with van der Waals surface area (Å²) < 4.78 is 6.08. The number of amides is 1. The maximum absolute atomic E-state index is 12.4. The van der Waals surface area contributed by atoms with Crippen molar-refractivity contribution in [2.45, 2.75) is 98.0 Å². The Kier molecular flexibility index (Phi) is 5.95. The molecule has 6 atom stereocenters. The molecule has 0 spiro atoms. The molecule has 0 aromatic carbocycles. The van der Waals surface area contributed by atoms with E-state index in [1.165, 1.54) is 23.3 Å². The van der Waals surface area contributed by atoms with Gasteiger partial charge in [-0.15, -0.1) is 0 Å². The molecule has 4 aliphatic carbocycles. The van der Waals surface area contributed by atoms with Crippen molar-refractivity contribution in [1.82, 2.24) is 4.98 Å². The summed E-state index contributed by atoms with van der Waals surface area (Å²) in [5.41, 5.74) is 2.93. The van der Waals surface area contributed by atoms with Crippen LogP contribution in [0, 0.1) is 28.6 Å². The number of carbonyl (C=O) groups is 2. The van der Waals surface area contributed by atoms with Gasteiger partial charge >= 0.3 is 5.97 Å². The van der Waals surface area contributed by atoms with Crippen molar-refractivity contribution < 1.29 is 14.3 Å². The Balaban J connectivity index is 1.38. The predicted molar refractivity (Wildman–Crippen MR) is 132 cm³/mol. The number of carbonyl (C=O) groups excluding carboxylic acids is 2. The van der Waals surface area contributed by atoms with Gasteiger partial charge in [0.1, 0.15) is 6.10 Å². The van der Waals surface area contributed by atoms with E-state index in [0.29, 0.717) is 24.2 Å². The normalized spacial score (nSPS) is 36.7. The van der Waals surface area contributed by atoms with Crippen LogP contribution in [0.1, 0.15) is 96.1 Å². The first-order valence-electron chi connectivity index (χ1n) is 12.9. The van der Waals surface area contributed by atoms with E-state index in [1.807, 2.05) is 0 Å². The number of rotatable bonds is 5. The van der Waals surface area contributed by atoms with E-state index >= 15 is 0 Å². The first-order valence-corrected chi connectivity index (χ1v) is 13.8. The van der Waals surface area contributed by atoms with Crippen molar-refractivity contribution in [3.05, 3.63) is 16.6 Å². The van der Waals surface area contributed by atoms with Gasteiger partial charge in [-0.05, 0) is 80.1 Å². The SMILES string of the molecule is CCCCC(=O)O[C@H]1CC[C@H]2[C@@H]3CC=C4c5sc(NC(C)=O)nc5CC[C@]4(C)[C@H]3CC[C@]12C. The van der Waals surface area contributed by atoms with Gasteiger partial charge in [-0.2, -0.15) is 0 Å². The van der Waals surface area contributed by atoms with Gasteiger partial charge in [-0.1, -0.05) is 44.6 Å². The fourth-order valence-electron chi connectivity index (χ4n) is 7.76. The van der Waals surface area contributed by atoms with Gasteiger partial charge in [0.05, 0.1) is 10.6 Å². The van der Waals surface area contributed by atoms with E-state index in [-0.39, 0.29) is 28.8 Å². The van der Waals surface area contributed by atoms with Crippen LogP contribution < -0.4 is 5.32 Å². The quantitative estimate of drug-likeness (QED) is 0.507. The Morgan fingerprint density at radius 2 is 2.03 bits per heavy atom. The highest BCUT2D eigenvalue weighted by Crippen LogP contribution is 2.66. The number of anilines is 1. The van der Waals surface area contributed by atoms with E-state index in [2.05, 4.69) is 32.2 Å². The topological polar surface area (TPSA) is 68.3 Å². The summed E-state index contributed by atoms with van der Waals surface area (Å²) in [6.07, 6.45) is 12.9. The standard InChI is InChI=1S/C27H38N2O3S/c1-5-6-7-23(31)32-22-11-10-18-17-8-9-20-24-21(29-25(33-24)28-16(2)30)13-15-26(20,3)19(17)12-14-27(18,22)4/h9,17-19,22H,5-8,10-15H2,1-4H3,(H,28,29,30)/t17-,18-,19-,22-,26+,27-/m0/s1. The number of ether oxygens (including phenoxy) is 1. The van der Waals surface area contributed by atoms with Crippen LogP contribution in [0.5, 0.6) is 0 Å². The molecule has 4 aliphatic rings. The van der Waals surface area contributed by atoms with Crippen molar-refractivity contribution in [1.29, 1.82) is 0 Å². The minimum absolute atomic E-state index is 0.00335. The minimum Gasteiger partial charge on any atom is -0.462 e. The van der Waals surface area contributed by atoms with Crippen LogP contribution in [-0.2, 0) is 20.7 Å². The highest BCUT2D eigenvalue weighted by molar-refractivity contribution is 7.17. The third-order valence-corrected chi connectivity index (χ3v) is 10.5. The lowest BCUT2D eigenvalue weighted by Gasteiger charge is -2.56. The van der Waals surface area contributed by atoms with Gasteiger partial charge in [0.2, 0.25) is 5.91 Å². The first-order chi connectivity index (χ1) is 15.8. The Labute approximate surface area is 201 Å². The van der Waals surface area contributed by atoms with Crippen LogP contribution in [-0.4, -0.2) is 23.0 Å². The molecule has 0 radical (unpaired) electrons. The molecule has 1 N–H and O–H groups in total. The number of aromatic nitrogens is 1. The van der Waals surface area contributed by atoms with Crippen LogP contribution in [0.15, 0.2) is 6.08 Å². The third kappa shape index (κ3) is 3.77. The number of hydrogen-bond acceptors (Lipinski definition) is 5. The maximum atomic E-state index is 12.4. The molecule has 0 aliphatic heterocycles. The summed E-state index contributed by atoms with van der Waals surface area (Å²) in [7, 11) is 0.